The molecule has 2 nitrogen and oxygen atoms in total. The molecular formula is C19H20O2S. The summed E-state index contributed by atoms with van der Waals surface area (Å²) in [6.07, 6.45) is 4.60. The molecule has 114 valence electrons. The van der Waals surface area contributed by atoms with Crippen molar-refractivity contribution in [2.24, 2.45) is 0 Å². The van der Waals surface area contributed by atoms with Crippen molar-refractivity contribution in [1.82, 2.24) is 0 Å². The van der Waals surface area contributed by atoms with Gasteiger partial charge in [-0.25, -0.2) is 0 Å². The predicted molar refractivity (Wildman–Crippen MR) is 95.0 cm³/mol. The first-order valence-electron chi connectivity index (χ1n) is 7.08. The maximum atomic E-state index is 10.5. The van der Waals surface area contributed by atoms with Crippen LogP contribution in [0.1, 0.15) is 16.7 Å². The lowest BCUT2D eigenvalue weighted by atomic mass is 9.95. The highest BCUT2D eigenvalue weighted by Crippen LogP contribution is 2.40. The molecule has 0 aliphatic heterocycles. The molecule has 0 aliphatic carbocycles. The van der Waals surface area contributed by atoms with E-state index in [1.54, 1.807) is 24.3 Å². The second-order valence-corrected chi connectivity index (χ2v) is 5.71. The summed E-state index contributed by atoms with van der Waals surface area (Å²) >= 11 is 4.56. The van der Waals surface area contributed by atoms with E-state index in [9.17, 15) is 10.2 Å². The van der Waals surface area contributed by atoms with Crippen LogP contribution in [0.5, 0.6) is 11.5 Å². The maximum Gasteiger partial charge on any atom is 0.126 e. The Bertz CT molecular complexity index is 733. The zero-order chi connectivity index (χ0) is 16.3. The molecule has 0 heterocycles. The fourth-order valence-electron chi connectivity index (χ4n) is 2.56. The monoisotopic (exact) mass is 312 g/mol. The van der Waals surface area contributed by atoms with E-state index in [1.165, 1.54) is 0 Å². The summed E-state index contributed by atoms with van der Waals surface area (Å²) in [6.45, 7) is 9.42. The van der Waals surface area contributed by atoms with Gasteiger partial charge in [0.2, 0.25) is 0 Å². The van der Waals surface area contributed by atoms with Crippen molar-refractivity contribution in [2.75, 3.05) is 0 Å². The standard InChI is InChI=1S/C19H20O2S/c1-4-6-13-10-12(3)11-16(18(13)21)14-8-9-17(20)15(7-5-2)19(14)22/h4-5,8-11,20-22H,1-2,6-7H2,3H3. The molecule has 0 saturated carbocycles. The normalized spacial score (nSPS) is 10.5. The van der Waals surface area contributed by atoms with Gasteiger partial charge in [0.1, 0.15) is 11.5 Å². The highest BCUT2D eigenvalue weighted by molar-refractivity contribution is 7.80. The summed E-state index contributed by atoms with van der Waals surface area (Å²) < 4.78 is 0. The van der Waals surface area contributed by atoms with Crippen molar-refractivity contribution in [1.29, 1.82) is 0 Å². The minimum Gasteiger partial charge on any atom is -0.508 e. The van der Waals surface area contributed by atoms with Crippen molar-refractivity contribution in [2.45, 2.75) is 24.7 Å². The van der Waals surface area contributed by atoms with Gasteiger partial charge in [-0.3, -0.25) is 0 Å². The highest BCUT2D eigenvalue weighted by atomic mass is 32.1. The third kappa shape index (κ3) is 3.04. The Morgan fingerprint density at radius 2 is 1.73 bits per heavy atom. The highest BCUT2D eigenvalue weighted by Gasteiger charge is 2.16. The topological polar surface area (TPSA) is 40.5 Å². The van der Waals surface area contributed by atoms with Crippen molar-refractivity contribution < 1.29 is 10.2 Å². The van der Waals surface area contributed by atoms with Crippen molar-refractivity contribution in [3.8, 4) is 22.6 Å². The van der Waals surface area contributed by atoms with Crippen LogP contribution < -0.4 is 0 Å². The van der Waals surface area contributed by atoms with E-state index in [-0.39, 0.29) is 11.5 Å². The number of rotatable bonds is 5. The number of allylic oxidation sites excluding steroid dienone is 2. The third-order valence-corrected chi connectivity index (χ3v) is 4.10. The fourth-order valence-corrected chi connectivity index (χ4v) is 2.96. The Balaban J connectivity index is 2.69. The molecule has 0 bridgehead atoms. The zero-order valence-electron chi connectivity index (χ0n) is 12.6. The summed E-state index contributed by atoms with van der Waals surface area (Å²) in [5.74, 6) is 0.420. The van der Waals surface area contributed by atoms with Gasteiger partial charge >= 0.3 is 0 Å². The van der Waals surface area contributed by atoms with Crippen LogP contribution in [-0.2, 0) is 12.8 Å². The van der Waals surface area contributed by atoms with E-state index in [0.29, 0.717) is 28.9 Å². The average molecular weight is 312 g/mol. The van der Waals surface area contributed by atoms with E-state index in [0.717, 1.165) is 16.7 Å². The number of benzene rings is 2. The molecular weight excluding hydrogens is 292 g/mol. The Kier molecular flexibility index (Phi) is 4.99. The Hall–Kier alpha value is -2.13. The lowest BCUT2D eigenvalue weighted by Gasteiger charge is -2.15. The van der Waals surface area contributed by atoms with Crippen LogP contribution in [0.25, 0.3) is 11.1 Å². The molecule has 22 heavy (non-hydrogen) atoms. The number of phenols is 2. The molecule has 0 aliphatic rings. The smallest absolute Gasteiger partial charge is 0.126 e. The van der Waals surface area contributed by atoms with Gasteiger partial charge in [0.05, 0.1) is 0 Å². The quantitative estimate of drug-likeness (QED) is 0.547. The van der Waals surface area contributed by atoms with Crippen LogP contribution in [0, 0.1) is 6.92 Å². The number of aromatic hydroxyl groups is 2. The summed E-state index contributed by atoms with van der Waals surface area (Å²) in [5, 5.41) is 20.5. The second-order valence-electron chi connectivity index (χ2n) is 5.27. The second kappa shape index (κ2) is 6.75. The maximum absolute atomic E-state index is 10.5. The van der Waals surface area contributed by atoms with E-state index in [4.69, 9.17) is 0 Å². The molecule has 0 amide bonds. The van der Waals surface area contributed by atoms with Gasteiger partial charge in [-0.15, -0.1) is 25.8 Å². The molecule has 2 N–H and O–H groups in total. The molecule has 0 atom stereocenters. The Morgan fingerprint density at radius 3 is 2.36 bits per heavy atom. The molecule has 0 unspecified atom stereocenters. The summed E-state index contributed by atoms with van der Waals surface area (Å²) in [7, 11) is 0. The van der Waals surface area contributed by atoms with Gasteiger partial charge in [0.25, 0.3) is 0 Å². The number of thiol groups is 1. The lowest BCUT2D eigenvalue weighted by molar-refractivity contribution is 0.466. The van der Waals surface area contributed by atoms with Gasteiger partial charge in [0, 0.05) is 16.0 Å². The molecule has 2 aromatic rings. The van der Waals surface area contributed by atoms with Crippen molar-refractivity contribution in [3.63, 3.8) is 0 Å². The van der Waals surface area contributed by atoms with Gasteiger partial charge < -0.3 is 10.2 Å². The number of hydrogen-bond acceptors (Lipinski definition) is 3. The van der Waals surface area contributed by atoms with E-state index >= 15 is 0 Å². The van der Waals surface area contributed by atoms with Crippen LogP contribution in [0.3, 0.4) is 0 Å². The van der Waals surface area contributed by atoms with Gasteiger partial charge in [-0.05, 0) is 54.7 Å². The summed E-state index contributed by atoms with van der Waals surface area (Å²) in [4.78, 5) is 0.658. The van der Waals surface area contributed by atoms with Crippen LogP contribution in [0.4, 0.5) is 0 Å². The largest absolute Gasteiger partial charge is 0.508 e. The molecule has 0 fully saturated rings. The van der Waals surface area contributed by atoms with Crippen LogP contribution >= 0.6 is 12.6 Å². The molecule has 0 spiro atoms. The molecule has 3 heteroatoms. The van der Waals surface area contributed by atoms with Crippen molar-refractivity contribution >= 4 is 12.6 Å². The Labute approximate surface area is 136 Å². The van der Waals surface area contributed by atoms with Crippen molar-refractivity contribution in [3.05, 3.63) is 66.3 Å². The van der Waals surface area contributed by atoms with Crippen LogP contribution in [0.2, 0.25) is 0 Å². The van der Waals surface area contributed by atoms with Crippen LogP contribution in [0.15, 0.2) is 54.5 Å². The Morgan fingerprint density at radius 1 is 1.05 bits per heavy atom. The zero-order valence-corrected chi connectivity index (χ0v) is 13.5. The average Bonchev–Trinajstić information content (AvgIpc) is 2.48. The minimum absolute atomic E-state index is 0.187. The first-order valence-corrected chi connectivity index (χ1v) is 7.52. The van der Waals surface area contributed by atoms with E-state index in [1.807, 2.05) is 19.1 Å². The van der Waals surface area contributed by atoms with E-state index in [2.05, 4.69) is 25.8 Å². The van der Waals surface area contributed by atoms with Crippen LogP contribution in [-0.4, -0.2) is 10.2 Å². The predicted octanol–water partition coefficient (Wildman–Crippen LogP) is 4.82. The van der Waals surface area contributed by atoms with Gasteiger partial charge in [-0.2, -0.15) is 0 Å². The van der Waals surface area contributed by atoms with Gasteiger partial charge in [-0.1, -0.05) is 18.2 Å². The van der Waals surface area contributed by atoms with Gasteiger partial charge in [0.15, 0.2) is 0 Å². The number of aryl methyl sites for hydroxylation is 1. The third-order valence-electron chi connectivity index (χ3n) is 3.59. The summed E-state index contributed by atoms with van der Waals surface area (Å²) in [6, 6.07) is 7.27. The first-order chi connectivity index (χ1) is 10.5. The first kappa shape index (κ1) is 16.2. The number of hydrogen-bond donors (Lipinski definition) is 3. The summed E-state index contributed by atoms with van der Waals surface area (Å²) in [5.41, 5.74) is 4.10. The SMILES string of the molecule is C=CCc1cc(C)cc(-c2ccc(O)c(CC=C)c2S)c1O. The van der Waals surface area contributed by atoms with E-state index < -0.39 is 0 Å². The number of phenolic OH excluding ortho intramolecular Hbond substituents is 2. The molecule has 0 radical (unpaired) electrons. The molecule has 0 saturated heterocycles. The molecule has 2 rings (SSSR count). The minimum atomic E-state index is 0.187. The fraction of sp³-hybridized carbons (Fsp3) is 0.158. The molecule has 0 aromatic heterocycles. The lowest BCUT2D eigenvalue weighted by Crippen LogP contribution is -1.93. The molecule has 2 aromatic carbocycles.